The summed E-state index contributed by atoms with van der Waals surface area (Å²) in [6.07, 6.45) is 2.03. The highest BCUT2D eigenvalue weighted by Gasteiger charge is 2.25. The van der Waals surface area contributed by atoms with Crippen molar-refractivity contribution in [3.8, 4) is 0 Å². The first-order chi connectivity index (χ1) is 8.22. The van der Waals surface area contributed by atoms with Gasteiger partial charge < -0.3 is 10.6 Å². The van der Waals surface area contributed by atoms with Gasteiger partial charge in [0.2, 0.25) is 0 Å². The average Bonchev–Trinajstić information content (AvgIpc) is 2.34. The van der Waals surface area contributed by atoms with Crippen LogP contribution in [0.25, 0.3) is 0 Å². The zero-order chi connectivity index (χ0) is 12.3. The summed E-state index contributed by atoms with van der Waals surface area (Å²) in [7, 11) is 1.83. The van der Waals surface area contributed by atoms with Gasteiger partial charge >= 0.3 is 0 Å². The first-order valence-electron chi connectivity index (χ1n) is 6.05. The third-order valence-corrected chi connectivity index (χ3v) is 3.46. The zero-order valence-electron chi connectivity index (χ0n) is 9.97. The minimum Gasteiger partial charge on any atom is -0.317 e. The Morgan fingerprint density at radius 2 is 2.00 bits per heavy atom. The Bertz CT molecular complexity index is 376. The van der Waals surface area contributed by atoms with Crippen molar-refractivity contribution in [3.05, 3.63) is 35.4 Å². The molecule has 0 saturated carbocycles. The van der Waals surface area contributed by atoms with Crippen molar-refractivity contribution in [1.29, 1.82) is 0 Å². The molecular weight excluding hydrogens is 222 g/mol. The van der Waals surface area contributed by atoms with E-state index in [9.17, 15) is 8.78 Å². The number of benzene rings is 1. The molecule has 1 saturated heterocycles. The molecule has 1 fully saturated rings. The largest absolute Gasteiger partial charge is 0.317 e. The molecule has 1 aliphatic heterocycles. The molecule has 94 valence electrons. The summed E-state index contributed by atoms with van der Waals surface area (Å²) in [5, 5.41) is 6.45. The lowest BCUT2D eigenvalue weighted by molar-refractivity contribution is 0.288. The van der Waals surface area contributed by atoms with E-state index in [2.05, 4.69) is 10.6 Å². The molecule has 4 heteroatoms. The van der Waals surface area contributed by atoms with E-state index in [1.807, 2.05) is 7.05 Å². The van der Waals surface area contributed by atoms with E-state index < -0.39 is 11.6 Å². The molecule has 0 radical (unpaired) electrons. The second-order valence-electron chi connectivity index (χ2n) is 4.52. The van der Waals surface area contributed by atoms with Gasteiger partial charge in [-0.1, -0.05) is 6.07 Å². The van der Waals surface area contributed by atoms with Crippen LogP contribution in [0.3, 0.4) is 0 Å². The minimum absolute atomic E-state index is 0.0299. The van der Waals surface area contributed by atoms with Gasteiger partial charge in [-0.3, -0.25) is 0 Å². The molecule has 1 atom stereocenters. The fourth-order valence-electron chi connectivity index (χ4n) is 2.58. The lowest BCUT2D eigenvalue weighted by Gasteiger charge is -2.31. The van der Waals surface area contributed by atoms with Crippen molar-refractivity contribution in [3.63, 3.8) is 0 Å². The Morgan fingerprint density at radius 1 is 1.29 bits per heavy atom. The SMILES string of the molecule is CNC(c1ccc(F)cc1F)C1CCNCC1. The average molecular weight is 240 g/mol. The van der Waals surface area contributed by atoms with E-state index in [4.69, 9.17) is 0 Å². The maximum atomic E-state index is 13.7. The van der Waals surface area contributed by atoms with Crippen LogP contribution >= 0.6 is 0 Å². The third-order valence-electron chi connectivity index (χ3n) is 3.46. The Hall–Kier alpha value is -1.00. The first kappa shape index (κ1) is 12.5. The smallest absolute Gasteiger partial charge is 0.130 e. The van der Waals surface area contributed by atoms with Gasteiger partial charge in [0.05, 0.1) is 0 Å². The fourth-order valence-corrected chi connectivity index (χ4v) is 2.58. The summed E-state index contributed by atoms with van der Waals surface area (Å²) in [5.41, 5.74) is 0.570. The monoisotopic (exact) mass is 240 g/mol. The van der Waals surface area contributed by atoms with Crippen molar-refractivity contribution >= 4 is 0 Å². The highest BCUT2D eigenvalue weighted by Crippen LogP contribution is 2.30. The topological polar surface area (TPSA) is 24.1 Å². The first-order valence-corrected chi connectivity index (χ1v) is 6.05. The van der Waals surface area contributed by atoms with Crippen LogP contribution in [0.5, 0.6) is 0 Å². The molecule has 0 bridgehead atoms. The molecule has 0 amide bonds. The van der Waals surface area contributed by atoms with Gasteiger partial charge in [-0.25, -0.2) is 8.78 Å². The van der Waals surface area contributed by atoms with Crippen LogP contribution in [0.2, 0.25) is 0 Å². The van der Waals surface area contributed by atoms with Gasteiger partial charge in [0.15, 0.2) is 0 Å². The van der Waals surface area contributed by atoms with E-state index >= 15 is 0 Å². The van der Waals surface area contributed by atoms with Gasteiger partial charge in [0, 0.05) is 17.7 Å². The van der Waals surface area contributed by atoms with Crippen LogP contribution < -0.4 is 10.6 Å². The molecular formula is C13H18F2N2. The Morgan fingerprint density at radius 3 is 2.59 bits per heavy atom. The molecule has 17 heavy (non-hydrogen) atoms. The lowest BCUT2D eigenvalue weighted by Crippen LogP contribution is -2.35. The normalized spacial score (nSPS) is 19.2. The highest BCUT2D eigenvalue weighted by atomic mass is 19.1. The minimum atomic E-state index is -0.522. The molecule has 1 heterocycles. The molecule has 0 aliphatic carbocycles. The molecule has 2 rings (SSSR count). The molecule has 1 aliphatic rings. The molecule has 1 aromatic rings. The number of halogens is 2. The second kappa shape index (κ2) is 5.56. The highest BCUT2D eigenvalue weighted by molar-refractivity contribution is 5.23. The van der Waals surface area contributed by atoms with Crippen LogP contribution in [-0.2, 0) is 0 Å². The molecule has 1 aromatic carbocycles. The molecule has 1 unspecified atom stereocenters. The quantitative estimate of drug-likeness (QED) is 0.846. The van der Waals surface area contributed by atoms with Crippen LogP contribution in [0.4, 0.5) is 8.78 Å². The number of hydrogen-bond donors (Lipinski definition) is 2. The van der Waals surface area contributed by atoms with E-state index in [1.54, 1.807) is 6.07 Å². The second-order valence-corrected chi connectivity index (χ2v) is 4.52. The number of nitrogens with one attached hydrogen (secondary N) is 2. The predicted molar refractivity (Wildman–Crippen MR) is 63.8 cm³/mol. The maximum Gasteiger partial charge on any atom is 0.130 e. The number of piperidine rings is 1. The standard InChI is InChI=1S/C13H18F2N2/c1-16-13(9-4-6-17-7-5-9)11-3-2-10(14)8-12(11)15/h2-3,8-9,13,16-17H,4-7H2,1H3. The van der Waals surface area contributed by atoms with Crippen LogP contribution in [-0.4, -0.2) is 20.1 Å². The Labute approximate surface area is 100 Å². The summed E-state index contributed by atoms with van der Waals surface area (Å²) in [4.78, 5) is 0. The van der Waals surface area contributed by atoms with E-state index in [1.165, 1.54) is 6.07 Å². The Kier molecular flexibility index (Phi) is 4.07. The maximum absolute atomic E-state index is 13.7. The zero-order valence-corrected chi connectivity index (χ0v) is 9.97. The van der Waals surface area contributed by atoms with Gasteiger partial charge in [-0.05, 0) is 45.0 Å². The number of rotatable bonds is 3. The molecule has 0 aromatic heterocycles. The fraction of sp³-hybridized carbons (Fsp3) is 0.538. The van der Waals surface area contributed by atoms with Crippen molar-refractivity contribution in [2.75, 3.05) is 20.1 Å². The van der Waals surface area contributed by atoms with Gasteiger partial charge in [0.25, 0.3) is 0 Å². The summed E-state index contributed by atoms with van der Waals surface area (Å²) in [5.74, 6) is -0.574. The van der Waals surface area contributed by atoms with E-state index in [-0.39, 0.29) is 6.04 Å². The predicted octanol–water partition coefficient (Wildman–Crippen LogP) is 2.22. The van der Waals surface area contributed by atoms with E-state index in [0.29, 0.717) is 11.5 Å². The summed E-state index contributed by atoms with van der Waals surface area (Å²) in [6, 6.07) is 3.80. The number of hydrogen-bond acceptors (Lipinski definition) is 2. The summed E-state index contributed by atoms with van der Waals surface area (Å²) < 4.78 is 26.6. The van der Waals surface area contributed by atoms with Gasteiger partial charge in [0.1, 0.15) is 11.6 Å². The van der Waals surface area contributed by atoms with Crippen molar-refractivity contribution in [2.45, 2.75) is 18.9 Å². The molecule has 2 nitrogen and oxygen atoms in total. The van der Waals surface area contributed by atoms with Gasteiger partial charge in [-0.2, -0.15) is 0 Å². The van der Waals surface area contributed by atoms with Crippen LogP contribution in [0.15, 0.2) is 18.2 Å². The summed E-state index contributed by atoms with van der Waals surface area (Å²) in [6.45, 7) is 1.93. The van der Waals surface area contributed by atoms with Gasteiger partial charge in [-0.15, -0.1) is 0 Å². The summed E-state index contributed by atoms with van der Waals surface area (Å²) >= 11 is 0. The third kappa shape index (κ3) is 2.82. The van der Waals surface area contributed by atoms with E-state index in [0.717, 1.165) is 32.0 Å². The Balaban J connectivity index is 2.21. The van der Waals surface area contributed by atoms with Crippen molar-refractivity contribution in [2.24, 2.45) is 5.92 Å². The van der Waals surface area contributed by atoms with Crippen LogP contribution in [0.1, 0.15) is 24.4 Å². The van der Waals surface area contributed by atoms with Crippen molar-refractivity contribution < 1.29 is 8.78 Å². The molecule has 2 N–H and O–H groups in total. The van der Waals surface area contributed by atoms with Crippen LogP contribution in [0, 0.1) is 17.6 Å². The lowest BCUT2D eigenvalue weighted by atomic mass is 9.86. The van der Waals surface area contributed by atoms with Crippen molar-refractivity contribution in [1.82, 2.24) is 10.6 Å². The molecule has 0 spiro atoms.